The second kappa shape index (κ2) is 3.82. The molecule has 0 aliphatic rings. The predicted molar refractivity (Wildman–Crippen MR) is 58.7 cm³/mol. The minimum atomic E-state index is 0.480. The van der Waals surface area contributed by atoms with Gasteiger partial charge in [-0.1, -0.05) is 0 Å². The van der Waals surface area contributed by atoms with Crippen LogP contribution in [0.1, 0.15) is 16.8 Å². The number of nitrogens with two attached hydrogens (primary N) is 1. The van der Waals surface area contributed by atoms with Gasteiger partial charge >= 0.3 is 0 Å². The van der Waals surface area contributed by atoms with Crippen molar-refractivity contribution < 1.29 is 0 Å². The minimum Gasteiger partial charge on any atom is -0.326 e. The van der Waals surface area contributed by atoms with Gasteiger partial charge in [0.1, 0.15) is 0 Å². The van der Waals surface area contributed by atoms with E-state index in [0.29, 0.717) is 6.54 Å². The van der Waals surface area contributed by atoms with Crippen molar-refractivity contribution in [2.24, 2.45) is 5.73 Å². The number of aryl methyl sites for hydroxylation is 2. The average Bonchev–Trinajstić information content (AvgIpc) is 2.64. The summed E-state index contributed by atoms with van der Waals surface area (Å²) in [4.78, 5) is 4.31. The summed E-state index contributed by atoms with van der Waals surface area (Å²) < 4.78 is 1.77. The van der Waals surface area contributed by atoms with E-state index in [4.69, 9.17) is 5.73 Å². The Labute approximate surface area is 88.8 Å². The molecule has 0 radical (unpaired) electrons. The molecule has 0 aromatic carbocycles. The monoisotopic (exact) mass is 202 g/mol. The number of hydrogen-bond donors (Lipinski definition) is 1. The Morgan fingerprint density at radius 3 is 2.73 bits per heavy atom. The van der Waals surface area contributed by atoms with Gasteiger partial charge in [-0.3, -0.25) is 0 Å². The molecular weight excluding hydrogens is 188 g/mol. The van der Waals surface area contributed by atoms with Gasteiger partial charge in [0, 0.05) is 24.5 Å². The zero-order valence-electron chi connectivity index (χ0n) is 8.94. The molecule has 2 N–H and O–H groups in total. The van der Waals surface area contributed by atoms with Gasteiger partial charge in [-0.05, 0) is 31.5 Å². The number of pyridine rings is 1. The van der Waals surface area contributed by atoms with Crippen LogP contribution in [-0.2, 0) is 6.54 Å². The van der Waals surface area contributed by atoms with Gasteiger partial charge in [-0.15, -0.1) is 0 Å². The van der Waals surface area contributed by atoms with Crippen LogP contribution < -0.4 is 5.73 Å². The Morgan fingerprint density at radius 2 is 2.13 bits per heavy atom. The molecule has 0 saturated carbocycles. The fourth-order valence-electron chi connectivity index (χ4n) is 1.56. The molecule has 2 aromatic rings. The highest BCUT2D eigenvalue weighted by Gasteiger charge is 2.07. The predicted octanol–water partition coefficient (Wildman–Crippen LogP) is 1.34. The van der Waals surface area contributed by atoms with E-state index >= 15 is 0 Å². The largest absolute Gasteiger partial charge is 0.326 e. The smallest absolute Gasteiger partial charge is 0.158 e. The van der Waals surface area contributed by atoms with Crippen molar-refractivity contribution in [3.63, 3.8) is 0 Å². The first-order chi connectivity index (χ1) is 7.22. The lowest BCUT2D eigenvalue weighted by atomic mass is 10.1. The van der Waals surface area contributed by atoms with Gasteiger partial charge < -0.3 is 5.73 Å². The summed E-state index contributed by atoms with van der Waals surface area (Å²) in [5, 5.41) is 4.33. The summed E-state index contributed by atoms with van der Waals surface area (Å²) in [6.45, 7) is 4.46. The zero-order valence-corrected chi connectivity index (χ0v) is 8.94. The van der Waals surface area contributed by atoms with Crippen LogP contribution in [0.5, 0.6) is 0 Å². The first-order valence-electron chi connectivity index (χ1n) is 4.89. The van der Waals surface area contributed by atoms with E-state index in [0.717, 1.165) is 22.6 Å². The number of nitrogens with zero attached hydrogens (tertiary/aromatic N) is 3. The van der Waals surface area contributed by atoms with E-state index in [1.807, 2.05) is 32.2 Å². The molecule has 0 amide bonds. The highest BCUT2D eigenvalue weighted by molar-refractivity contribution is 5.38. The Kier molecular flexibility index (Phi) is 2.51. The van der Waals surface area contributed by atoms with Crippen molar-refractivity contribution in [2.75, 3.05) is 0 Å². The summed E-state index contributed by atoms with van der Waals surface area (Å²) >= 11 is 0. The van der Waals surface area contributed by atoms with Gasteiger partial charge in [0.05, 0.1) is 5.69 Å². The molecule has 0 aliphatic heterocycles. The van der Waals surface area contributed by atoms with Gasteiger partial charge in [0.25, 0.3) is 0 Å². The van der Waals surface area contributed by atoms with E-state index in [1.165, 1.54) is 0 Å². The fourth-order valence-corrected chi connectivity index (χ4v) is 1.56. The summed E-state index contributed by atoms with van der Waals surface area (Å²) in [5.41, 5.74) is 8.88. The molecule has 0 fully saturated rings. The van der Waals surface area contributed by atoms with Crippen LogP contribution in [0.2, 0.25) is 0 Å². The second-order valence-corrected chi connectivity index (χ2v) is 3.54. The molecule has 4 heteroatoms. The highest BCUT2D eigenvalue weighted by atomic mass is 15.3. The zero-order chi connectivity index (χ0) is 10.8. The molecule has 2 heterocycles. The van der Waals surface area contributed by atoms with Gasteiger partial charge in [-0.2, -0.15) is 5.10 Å². The van der Waals surface area contributed by atoms with E-state index in [2.05, 4.69) is 10.1 Å². The molecule has 0 saturated heterocycles. The summed E-state index contributed by atoms with van der Waals surface area (Å²) in [7, 11) is 0. The average molecular weight is 202 g/mol. The first kappa shape index (κ1) is 9.86. The molecule has 2 aromatic heterocycles. The van der Waals surface area contributed by atoms with E-state index in [-0.39, 0.29) is 0 Å². The SMILES string of the molecule is Cc1ccn(-c2nccc(C)c2CN)n1. The lowest BCUT2D eigenvalue weighted by Gasteiger charge is -2.08. The van der Waals surface area contributed by atoms with E-state index < -0.39 is 0 Å². The highest BCUT2D eigenvalue weighted by Crippen LogP contribution is 2.14. The van der Waals surface area contributed by atoms with Gasteiger partial charge in [0.2, 0.25) is 0 Å². The third kappa shape index (κ3) is 1.76. The molecule has 0 aliphatic carbocycles. The van der Waals surface area contributed by atoms with Crippen molar-refractivity contribution in [2.45, 2.75) is 20.4 Å². The summed E-state index contributed by atoms with van der Waals surface area (Å²) in [5.74, 6) is 0.825. The van der Waals surface area contributed by atoms with Crippen LogP contribution in [0.15, 0.2) is 24.5 Å². The Balaban J connectivity index is 2.57. The molecule has 0 bridgehead atoms. The third-order valence-corrected chi connectivity index (χ3v) is 2.41. The van der Waals surface area contributed by atoms with Crippen molar-refractivity contribution in [1.82, 2.24) is 14.8 Å². The van der Waals surface area contributed by atoms with Crippen molar-refractivity contribution in [3.8, 4) is 5.82 Å². The van der Waals surface area contributed by atoms with E-state index in [1.54, 1.807) is 10.9 Å². The molecule has 15 heavy (non-hydrogen) atoms. The van der Waals surface area contributed by atoms with Crippen molar-refractivity contribution in [1.29, 1.82) is 0 Å². The number of rotatable bonds is 2. The maximum Gasteiger partial charge on any atom is 0.158 e. The molecular formula is C11H14N4. The van der Waals surface area contributed by atoms with Crippen molar-refractivity contribution >= 4 is 0 Å². The maximum atomic E-state index is 5.71. The minimum absolute atomic E-state index is 0.480. The molecule has 0 atom stereocenters. The first-order valence-corrected chi connectivity index (χ1v) is 4.89. The number of hydrogen-bond acceptors (Lipinski definition) is 3. The van der Waals surface area contributed by atoms with Crippen LogP contribution in [0.4, 0.5) is 0 Å². The molecule has 78 valence electrons. The topological polar surface area (TPSA) is 56.7 Å². The normalized spacial score (nSPS) is 10.6. The van der Waals surface area contributed by atoms with Crippen LogP contribution in [0.3, 0.4) is 0 Å². The molecule has 0 unspecified atom stereocenters. The Hall–Kier alpha value is -1.68. The third-order valence-electron chi connectivity index (χ3n) is 2.41. The molecule has 2 rings (SSSR count). The van der Waals surface area contributed by atoms with Crippen LogP contribution in [0.25, 0.3) is 5.82 Å². The van der Waals surface area contributed by atoms with Crippen LogP contribution in [0, 0.1) is 13.8 Å². The second-order valence-electron chi connectivity index (χ2n) is 3.54. The van der Waals surface area contributed by atoms with Gasteiger partial charge in [-0.25, -0.2) is 9.67 Å². The maximum absolute atomic E-state index is 5.71. The standard InChI is InChI=1S/C11H14N4/c1-8-3-5-13-11(10(8)7-12)15-6-4-9(2)14-15/h3-6H,7,12H2,1-2H3. The van der Waals surface area contributed by atoms with Crippen molar-refractivity contribution in [3.05, 3.63) is 41.3 Å². The summed E-state index contributed by atoms with van der Waals surface area (Å²) in [6.07, 6.45) is 3.68. The van der Waals surface area contributed by atoms with Gasteiger partial charge in [0.15, 0.2) is 5.82 Å². The Morgan fingerprint density at radius 1 is 1.33 bits per heavy atom. The number of aromatic nitrogens is 3. The summed E-state index contributed by atoms with van der Waals surface area (Å²) in [6, 6.07) is 3.91. The Bertz CT molecular complexity index is 473. The van der Waals surface area contributed by atoms with E-state index in [9.17, 15) is 0 Å². The van der Waals surface area contributed by atoms with Crippen LogP contribution >= 0.6 is 0 Å². The lowest BCUT2D eigenvalue weighted by molar-refractivity contribution is 0.808. The molecule has 0 spiro atoms. The quantitative estimate of drug-likeness (QED) is 0.799. The fraction of sp³-hybridized carbons (Fsp3) is 0.273. The molecule has 4 nitrogen and oxygen atoms in total. The van der Waals surface area contributed by atoms with Crippen LogP contribution in [-0.4, -0.2) is 14.8 Å². The lowest BCUT2D eigenvalue weighted by Crippen LogP contribution is -2.09.